The largest absolute Gasteiger partial charge is 0.293 e. The SMILES string of the molecule is CC(C)(C)c1[nH]n(-c2ccc([N+](=O)[O-])cc2)c(=O)c1Br. The third kappa shape index (κ3) is 2.53. The van der Waals surface area contributed by atoms with E-state index in [2.05, 4.69) is 21.0 Å². The molecule has 0 bridgehead atoms. The van der Waals surface area contributed by atoms with E-state index in [9.17, 15) is 14.9 Å². The van der Waals surface area contributed by atoms with Gasteiger partial charge < -0.3 is 0 Å². The number of halogens is 1. The van der Waals surface area contributed by atoms with E-state index in [0.717, 1.165) is 5.69 Å². The van der Waals surface area contributed by atoms with E-state index < -0.39 is 4.92 Å². The maximum atomic E-state index is 12.2. The topological polar surface area (TPSA) is 80.9 Å². The minimum Gasteiger partial charge on any atom is -0.293 e. The molecular formula is C13H14BrN3O3. The second-order valence-electron chi connectivity index (χ2n) is 5.46. The van der Waals surface area contributed by atoms with Gasteiger partial charge in [0.15, 0.2) is 0 Å². The molecule has 2 rings (SSSR count). The summed E-state index contributed by atoms with van der Waals surface area (Å²) in [7, 11) is 0. The quantitative estimate of drug-likeness (QED) is 0.674. The molecule has 7 heteroatoms. The Hall–Kier alpha value is -1.89. The van der Waals surface area contributed by atoms with E-state index in [0.29, 0.717) is 10.2 Å². The molecule has 0 unspecified atom stereocenters. The first kappa shape index (κ1) is 14.5. The van der Waals surface area contributed by atoms with Gasteiger partial charge in [-0.1, -0.05) is 20.8 Å². The number of aromatic nitrogens is 2. The molecule has 0 radical (unpaired) electrons. The van der Waals surface area contributed by atoms with Gasteiger partial charge in [-0.3, -0.25) is 20.0 Å². The van der Waals surface area contributed by atoms with E-state index in [4.69, 9.17) is 0 Å². The summed E-state index contributed by atoms with van der Waals surface area (Å²) in [5.41, 5.74) is 0.884. The van der Waals surface area contributed by atoms with E-state index in [-0.39, 0.29) is 16.7 Å². The molecule has 2 aromatic rings. The zero-order valence-corrected chi connectivity index (χ0v) is 12.9. The van der Waals surface area contributed by atoms with Crippen molar-refractivity contribution < 1.29 is 4.92 Å². The van der Waals surface area contributed by atoms with Gasteiger partial charge in [0.25, 0.3) is 11.2 Å². The molecule has 1 aromatic heterocycles. The molecule has 20 heavy (non-hydrogen) atoms. The molecule has 0 saturated heterocycles. The lowest BCUT2D eigenvalue weighted by Gasteiger charge is -2.16. The van der Waals surface area contributed by atoms with Crippen LogP contribution in [0.2, 0.25) is 0 Å². The Bertz CT molecular complexity index is 708. The number of rotatable bonds is 2. The summed E-state index contributed by atoms with van der Waals surface area (Å²) >= 11 is 3.30. The number of aromatic amines is 1. The molecule has 0 saturated carbocycles. The van der Waals surface area contributed by atoms with Crippen LogP contribution in [0.25, 0.3) is 5.69 Å². The van der Waals surface area contributed by atoms with Gasteiger partial charge >= 0.3 is 0 Å². The zero-order chi connectivity index (χ0) is 15.1. The molecule has 6 nitrogen and oxygen atoms in total. The molecule has 0 aliphatic rings. The Morgan fingerprint density at radius 2 is 1.80 bits per heavy atom. The zero-order valence-electron chi connectivity index (χ0n) is 11.3. The number of non-ortho nitro benzene ring substituents is 1. The summed E-state index contributed by atoms with van der Waals surface area (Å²) in [5, 5.41) is 13.7. The Kier molecular flexibility index (Phi) is 3.56. The van der Waals surface area contributed by atoms with Crippen molar-refractivity contribution in [2.45, 2.75) is 26.2 Å². The highest BCUT2D eigenvalue weighted by atomic mass is 79.9. The van der Waals surface area contributed by atoms with Gasteiger partial charge in [-0.05, 0) is 28.1 Å². The van der Waals surface area contributed by atoms with Crippen molar-refractivity contribution in [3.63, 3.8) is 0 Å². The van der Waals surface area contributed by atoms with Crippen LogP contribution in [0, 0.1) is 10.1 Å². The van der Waals surface area contributed by atoms with Crippen molar-refractivity contribution in [3.05, 3.63) is 54.9 Å². The second-order valence-corrected chi connectivity index (χ2v) is 6.26. The Labute approximate surface area is 123 Å². The van der Waals surface area contributed by atoms with Crippen molar-refractivity contribution in [2.24, 2.45) is 0 Å². The third-order valence-electron chi connectivity index (χ3n) is 2.90. The molecule has 0 amide bonds. The molecule has 0 spiro atoms. The number of nitro benzene ring substituents is 1. The van der Waals surface area contributed by atoms with Crippen LogP contribution in [-0.4, -0.2) is 14.7 Å². The van der Waals surface area contributed by atoms with Gasteiger partial charge in [-0.15, -0.1) is 0 Å². The van der Waals surface area contributed by atoms with Crippen LogP contribution in [-0.2, 0) is 5.41 Å². The minimum atomic E-state index is -0.474. The fraction of sp³-hybridized carbons (Fsp3) is 0.308. The van der Waals surface area contributed by atoms with Crippen LogP contribution in [0.3, 0.4) is 0 Å². The van der Waals surface area contributed by atoms with Crippen LogP contribution in [0.4, 0.5) is 5.69 Å². The molecule has 0 atom stereocenters. The number of hydrogen-bond acceptors (Lipinski definition) is 3. The molecule has 0 aliphatic carbocycles. The molecule has 1 heterocycles. The lowest BCUT2D eigenvalue weighted by molar-refractivity contribution is -0.384. The summed E-state index contributed by atoms with van der Waals surface area (Å²) in [4.78, 5) is 22.4. The average Bonchev–Trinajstić information content (AvgIpc) is 2.66. The lowest BCUT2D eigenvalue weighted by atomic mass is 9.93. The molecular weight excluding hydrogens is 326 g/mol. The van der Waals surface area contributed by atoms with Crippen LogP contribution >= 0.6 is 15.9 Å². The highest BCUT2D eigenvalue weighted by molar-refractivity contribution is 9.10. The summed E-state index contributed by atoms with van der Waals surface area (Å²) in [5.74, 6) is 0. The fourth-order valence-electron chi connectivity index (χ4n) is 1.82. The van der Waals surface area contributed by atoms with Gasteiger partial charge in [0.2, 0.25) is 0 Å². The molecule has 106 valence electrons. The molecule has 1 aromatic carbocycles. The van der Waals surface area contributed by atoms with Gasteiger partial charge in [0.1, 0.15) is 4.47 Å². The van der Waals surface area contributed by atoms with Crippen molar-refractivity contribution >= 4 is 21.6 Å². The van der Waals surface area contributed by atoms with E-state index in [1.54, 1.807) is 0 Å². The summed E-state index contributed by atoms with van der Waals surface area (Å²) in [6.07, 6.45) is 0. The summed E-state index contributed by atoms with van der Waals surface area (Å²) < 4.78 is 1.84. The van der Waals surface area contributed by atoms with Crippen LogP contribution in [0.5, 0.6) is 0 Å². The number of hydrogen-bond donors (Lipinski definition) is 1. The number of nitrogens with zero attached hydrogens (tertiary/aromatic N) is 2. The average molecular weight is 340 g/mol. The maximum absolute atomic E-state index is 12.2. The van der Waals surface area contributed by atoms with Gasteiger partial charge in [-0.2, -0.15) is 0 Å². The van der Waals surface area contributed by atoms with Crippen LogP contribution in [0.1, 0.15) is 26.5 Å². The van der Waals surface area contributed by atoms with E-state index in [1.807, 2.05) is 20.8 Å². The highest BCUT2D eigenvalue weighted by Crippen LogP contribution is 2.26. The Morgan fingerprint density at radius 1 is 1.25 bits per heavy atom. The predicted molar refractivity (Wildman–Crippen MR) is 79.4 cm³/mol. The number of nitro groups is 1. The minimum absolute atomic E-state index is 0.0107. The highest BCUT2D eigenvalue weighted by Gasteiger charge is 2.23. The van der Waals surface area contributed by atoms with Gasteiger partial charge in [0, 0.05) is 17.5 Å². The fourth-order valence-corrected chi connectivity index (χ4v) is 2.68. The maximum Gasteiger partial charge on any atom is 0.285 e. The number of benzene rings is 1. The third-order valence-corrected chi connectivity index (χ3v) is 3.64. The van der Waals surface area contributed by atoms with E-state index in [1.165, 1.54) is 28.9 Å². The standard InChI is InChI=1S/C13H14BrN3O3/c1-13(2,3)11-10(14)12(18)16(15-11)8-4-6-9(7-5-8)17(19)20/h4-7,15H,1-3H3. The van der Waals surface area contributed by atoms with Crippen molar-refractivity contribution in [1.29, 1.82) is 0 Å². The number of H-pyrrole nitrogens is 1. The van der Waals surface area contributed by atoms with Crippen molar-refractivity contribution in [3.8, 4) is 5.69 Å². The Balaban J connectivity index is 2.54. The molecule has 0 fully saturated rings. The summed E-state index contributed by atoms with van der Waals surface area (Å²) in [6.45, 7) is 5.97. The first-order valence-corrected chi connectivity index (χ1v) is 6.77. The molecule has 0 aliphatic heterocycles. The van der Waals surface area contributed by atoms with Crippen molar-refractivity contribution in [1.82, 2.24) is 9.78 Å². The van der Waals surface area contributed by atoms with E-state index >= 15 is 0 Å². The van der Waals surface area contributed by atoms with Crippen molar-refractivity contribution in [2.75, 3.05) is 0 Å². The first-order chi connectivity index (χ1) is 9.21. The summed E-state index contributed by atoms with van der Waals surface area (Å²) in [6, 6.07) is 5.81. The normalized spacial score (nSPS) is 11.6. The predicted octanol–water partition coefficient (Wildman–Crippen LogP) is 3.13. The van der Waals surface area contributed by atoms with Gasteiger partial charge in [-0.25, -0.2) is 4.68 Å². The van der Waals surface area contributed by atoms with Gasteiger partial charge in [0.05, 0.1) is 16.3 Å². The molecule has 1 N–H and O–H groups in total. The first-order valence-electron chi connectivity index (χ1n) is 5.97. The van der Waals surface area contributed by atoms with Crippen LogP contribution < -0.4 is 5.56 Å². The lowest BCUT2D eigenvalue weighted by Crippen LogP contribution is -2.14. The second kappa shape index (κ2) is 4.90. The number of nitrogens with one attached hydrogen (secondary N) is 1. The smallest absolute Gasteiger partial charge is 0.285 e. The van der Waals surface area contributed by atoms with Crippen LogP contribution in [0.15, 0.2) is 33.5 Å². The Morgan fingerprint density at radius 3 is 2.20 bits per heavy atom. The monoisotopic (exact) mass is 339 g/mol.